The molecule has 1 saturated heterocycles. The van der Waals surface area contributed by atoms with Crippen molar-refractivity contribution in [1.29, 1.82) is 0 Å². The van der Waals surface area contributed by atoms with Crippen LogP contribution in [0.1, 0.15) is 78.6 Å². The van der Waals surface area contributed by atoms with E-state index < -0.39 is 41.7 Å². The lowest BCUT2D eigenvalue weighted by molar-refractivity contribution is -0.309. The lowest BCUT2D eigenvalue weighted by Gasteiger charge is -2.64. The van der Waals surface area contributed by atoms with Crippen LogP contribution in [0.2, 0.25) is 0 Å². The molecule has 5 rings (SSSR count). The molecule has 10 heteroatoms. The van der Waals surface area contributed by atoms with Gasteiger partial charge >= 0.3 is 5.97 Å². The maximum absolute atomic E-state index is 12.7. The second-order valence-corrected chi connectivity index (χ2v) is 12.9. The summed E-state index contributed by atoms with van der Waals surface area (Å²) in [7, 11) is 1.44. The maximum Gasteiger partial charge on any atom is 0.309 e. The van der Waals surface area contributed by atoms with Crippen molar-refractivity contribution >= 4 is 5.97 Å². The van der Waals surface area contributed by atoms with Crippen LogP contribution in [0.3, 0.4) is 0 Å². The Morgan fingerprint density at radius 3 is 2.46 bits per heavy atom. The van der Waals surface area contributed by atoms with Crippen molar-refractivity contribution in [2.45, 2.75) is 121 Å². The van der Waals surface area contributed by atoms with Gasteiger partial charge in [-0.05, 0) is 98.8 Å². The minimum Gasteiger partial charge on any atom is -0.469 e. The molecular formula is C27H43N3O7. The average molecular weight is 522 g/mol. The number of carbonyl (C=O) groups is 1. The number of hydrogen-bond donors (Lipinski definition) is 3. The Balaban J connectivity index is 1.34. The monoisotopic (exact) mass is 521 g/mol. The second-order valence-electron chi connectivity index (χ2n) is 12.9. The van der Waals surface area contributed by atoms with E-state index in [0.717, 1.165) is 51.4 Å². The summed E-state index contributed by atoms with van der Waals surface area (Å²) in [5, 5.41) is 35.2. The highest BCUT2D eigenvalue weighted by molar-refractivity contribution is 5.74. The zero-order valence-electron chi connectivity index (χ0n) is 22.5. The highest BCUT2D eigenvalue weighted by Crippen LogP contribution is 2.70. The molecule has 4 aliphatic carbocycles. The number of methoxy groups -OCH3 is 1. The van der Waals surface area contributed by atoms with Crippen LogP contribution < -0.4 is 0 Å². The van der Waals surface area contributed by atoms with E-state index in [0.29, 0.717) is 18.3 Å². The smallest absolute Gasteiger partial charge is 0.309 e. The number of aliphatic hydroxyl groups is 3. The second kappa shape index (κ2) is 9.65. The largest absolute Gasteiger partial charge is 0.469 e. The van der Waals surface area contributed by atoms with Crippen molar-refractivity contribution in [2.75, 3.05) is 7.11 Å². The summed E-state index contributed by atoms with van der Waals surface area (Å²) < 4.78 is 17.1. The Morgan fingerprint density at radius 2 is 1.76 bits per heavy atom. The molecule has 1 aliphatic heterocycles. The summed E-state index contributed by atoms with van der Waals surface area (Å²) in [4.78, 5) is 16.1. The van der Waals surface area contributed by atoms with Crippen LogP contribution in [0, 0.1) is 34.5 Å². The highest BCUT2D eigenvalue weighted by Gasteiger charge is 2.69. The van der Waals surface area contributed by atoms with E-state index in [9.17, 15) is 25.6 Å². The van der Waals surface area contributed by atoms with E-state index in [1.54, 1.807) is 6.92 Å². The number of nitrogens with zero attached hydrogens (tertiary/aromatic N) is 3. The van der Waals surface area contributed by atoms with Crippen LogP contribution in [0.15, 0.2) is 5.11 Å². The number of esters is 1. The quantitative estimate of drug-likeness (QED) is 0.168. The molecule has 0 spiro atoms. The Hall–Kier alpha value is -1.42. The van der Waals surface area contributed by atoms with Crippen molar-refractivity contribution in [3.63, 3.8) is 0 Å². The molecule has 0 aromatic heterocycles. The van der Waals surface area contributed by atoms with Gasteiger partial charge in [0.2, 0.25) is 0 Å². The van der Waals surface area contributed by atoms with Gasteiger partial charge in [0.15, 0.2) is 6.29 Å². The third-order valence-electron chi connectivity index (χ3n) is 11.6. The molecule has 37 heavy (non-hydrogen) atoms. The summed E-state index contributed by atoms with van der Waals surface area (Å²) in [6, 6.07) is 0. The first-order chi connectivity index (χ1) is 17.5. The number of ether oxygens (including phenoxy) is 3. The minimum atomic E-state index is -1.30. The fourth-order valence-electron chi connectivity index (χ4n) is 9.46. The molecule has 2 unspecified atom stereocenters. The number of carbonyl (C=O) groups excluding carboxylic acids is 1. The van der Waals surface area contributed by atoms with Crippen LogP contribution >= 0.6 is 0 Å². The molecular weight excluding hydrogens is 478 g/mol. The molecule has 4 saturated carbocycles. The number of azide groups is 1. The predicted molar refractivity (Wildman–Crippen MR) is 133 cm³/mol. The number of rotatable bonds is 4. The zero-order chi connectivity index (χ0) is 26.8. The fraction of sp³-hybridized carbons (Fsp3) is 0.963. The third-order valence-corrected chi connectivity index (χ3v) is 11.6. The number of aliphatic hydroxyl groups excluding tert-OH is 3. The molecule has 1 heterocycles. The van der Waals surface area contributed by atoms with Gasteiger partial charge < -0.3 is 29.5 Å². The summed E-state index contributed by atoms with van der Waals surface area (Å²) >= 11 is 0. The maximum atomic E-state index is 12.7. The Bertz CT molecular complexity index is 945. The van der Waals surface area contributed by atoms with Gasteiger partial charge in [0.1, 0.15) is 18.3 Å². The van der Waals surface area contributed by atoms with Crippen LogP contribution in [0.5, 0.6) is 0 Å². The van der Waals surface area contributed by atoms with Crippen LogP contribution in [0.25, 0.3) is 10.4 Å². The van der Waals surface area contributed by atoms with E-state index in [-0.39, 0.29) is 29.3 Å². The molecule has 208 valence electrons. The normalized spacial score (nSPS) is 53.3. The molecule has 5 fully saturated rings. The first-order valence-corrected chi connectivity index (χ1v) is 14.0. The van der Waals surface area contributed by atoms with Gasteiger partial charge in [-0.1, -0.05) is 19.0 Å². The molecule has 0 amide bonds. The SMILES string of the molecule is COC(=O)[C@H]1CCC2(N=[N+]=[N-])[C@@H]3CCC4C[C@@H](O[C@@H]5O[C@@H](C)[C@H](O)[C@@H](O)[C@H]5O)CC[C@]4(C)[C@H]3CC[C@]12C. The van der Waals surface area contributed by atoms with Gasteiger partial charge in [-0.25, -0.2) is 0 Å². The van der Waals surface area contributed by atoms with Crippen LogP contribution in [-0.2, 0) is 19.0 Å². The highest BCUT2D eigenvalue weighted by atomic mass is 16.7. The van der Waals surface area contributed by atoms with Gasteiger partial charge in [0.05, 0.1) is 30.8 Å². The Kier molecular flexibility index (Phi) is 7.08. The third kappa shape index (κ3) is 3.94. The zero-order valence-corrected chi connectivity index (χ0v) is 22.5. The molecule has 5 aliphatic rings. The molecule has 0 radical (unpaired) electrons. The lowest BCUT2D eigenvalue weighted by Crippen LogP contribution is -2.62. The lowest BCUT2D eigenvalue weighted by atomic mass is 9.42. The van der Waals surface area contributed by atoms with Gasteiger partial charge in [-0.2, -0.15) is 0 Å². The molecule has 0 aromatic carbocycles. The average Bonchev–Trinajstić information content (AvgIpc) is 3.18. The fourth-order valence-corrected chi connectivity index (χ4v) is 9.46. The Morgan fingerprint density at radius 1 is 1.00 bits per heavy atom. The van der Waals surface area contributed by atoms with Gasteiger partial charge in [0.25, 0.3) is 0 Å². The standard InChI is InChI=1S/C27H43N3O7/c1-14-20(31)21(32)22(33)24(36-14)37-16-7-10-25(2)15(13-16)5-6-18-17(25)8-11-26(3)19(23(34)35-4)9-12-27(18,26)29-30-28/h14-22,24,31-33H,5-13H2,1-4H3/t14-,15?,16-,17-,18+,19+,20-,21+,22+,24-,25-,26+,27?/m0/s1. The molecule has 0 bridgehead atoms. The summed E-state index contributed by atoms with van der Waals surface area (Å²) in [6.45, 7) is 6.20. The van der Waals surface area contributed by atoms with Crippen molar-refractivity contribution in [1.82, 2.24) is 0 Å². The van der Waals surface area contributed by atoms with E-state index in [4.69, 9.17) is 14.2 Å². The van der Waals surface area contributed by atoms with Crippen LogP contribution in [-0.4, -0.2) is 70.7 Å². The minimum absolute atomic E-state index is 0.0699. The number of fused-ring (bicyclic) bond motifs is 5. The Labute approximate surface area is 218 Å². The molecule has 3 N–H and O–H groups in total. The van der Waals surface area contributed by atoms with E-state index >= 15 is 0 Å². The first-order valence-electron chi connectivity index (χ1n) is 14.0. The van der Waals surface area contributed by atoms with Crippen molar-refractivity contribution in [2.24, 2.45) is 39.6 Å². The van der Waals surface area contributed by atoms with E-state index in [1.807, 2.05) is 0 Å². The molecule has 13 atom stereocenters. The van der Waals surface area contributed by atoms with E-state index in [1.165, 1.54) is 7.11 Å². The van der Waals surface area contributed by atoms with Crippen LogP contribution in [0.4, 0.5) is 0 Å². The summed E-state index contributed by atoms with van der Waals surface area (Å²) in [5.41, 5.74) is 8.77. The first kappa shape index (κ1) is 27.2. The van der Waals surface area contributed by atoms with Gasteiger partial charge in [-0.3, -0.25) is 4.79 Å². The van der Waals surface area contributed by atoms with Gasteiger partial charge in [0, 0.05) is 4.91 Å². The predicted octanol–water partition coefficient (Wildman–Crippen LogP) is 3.46. The topological polar surface area (TPSA) is 154 Å². The van der Waals surface area contributed by atoms with Crippen molar-refractivity contribution < 1.29 is 34.3 Å². The molecule has 0 aromatic rings. The number of hydrogen-bond acceptors (Lipinski definition) is 8. The molecule has 10 nitrogen and oxygen atoms in total. The summed E-state index contributed by atoms with van der Waals surface area (Å²) in [6.07, 6.45) is 2.40. The summed E-state index contributed by atoms with van der Waals surface area (Å²) in [5.74, 6) is 0.628. The van der Waals surface area contributed by atoms with Crippen molar-refractivity contribution in [3.05, 3.63) is 10.4 Å². The van der Waals surface area contributed by atoms with Gasteiger partial charge in [-0.15, -0.1) is 0 Å². The van der Waals surface area contributed by atoms with E-state index in [2.05, 4.69) is 23.9 Å². The van der Waals surface area contributed by atoms with Crippen molar-refractivity contribution in [3.8, 4) is 0 Å².